The van der Waals surface area contributed by atoms with Gasteiger partial charge in [-0.1, -0.05) is 25.1 Å². The molecule has 0 saturated heterocycles. The van der Waals surface area contributed by atoms with Crippen molar-refractivity contribution < 1.29 is 8.78 Å². The Bertz CT molecular complexity index is 273. The van der Waals surface area contributed by atoms with Crippen molar-refractivity contribution in [3.8, 4) is 0 Å². The average Bonchev–Trinajstić information content (AvgIpc) is 2.17. The lowest BCUT2D eigenvalue weighted by Gasteiger charge is -2.10. The van der Waals surface area contributed by atoms with Crippen LogP contribution < -0.4 is 5.73 Å². The summed E-state index contributed by atoms with van der Waals surface area (Å²) in [4.78, 5) is 0. The van der Waals surface area contributed by atoms with E-state index in [2.05, 4.69) is 0 Å². The van der Waals surface area contributed by atoms with E-state index in [-0.39, 0.29) is 11.6 Å². The normalized spacial score (nSPS) is 13.3. The molecule has 72 valence electrons. The van der Waals surface area contributed by atoms with Crippen LogP contribution in [0.2, 0.25) is 0 Å². The van der Waals surface area contributed by atoms with Gasteiger partial charge in [-0.3, -0.25) is 0 Å². The summed E-state index contributed by atoms with van der Waals surface area (Å²) in [5.74, 6) is 0. The molecule has 1 aromatic rings. The predicted molar refractivity (Wildman–Crippen MR) is 48.6 cm³/mol. The number of rotatable bonds is 3. The summed E-state index contributed by atoms with van der Waals surface area (Å²) in [6.45, 7) is 1.93. The molecule has 13 heavy (non-hydrogen) atoms. The monoisotopic (exact) mass is 185 g/mol. The van der Waals surface area contributed by atoms with Crippen LogP contribution in [0.15, 0.2) is 24.3 Å². The summed E-state index contributed by atoms with van der Waals surface area (Å²) in [5.41, 5.74) is 6.54. The Hall–Kier alpha value is -0.960. The molecule has 1 unspecified atom stereocenters. The van der Waals surface area contributed by atoms with Gasteiger partial charge in [-0.2, -0.15) is 0 Å². The fraction of sp³-hybridized carbons (Fsp3) is 0.400. The molecule has 0 bridgehead atoms. The lowest BCUT2D eigenvalue weighted by Crippen LogP contribution is -2.08. The Morgan fingerprint density at radius 1 is 1.31 bits per heavy atom. The van der Waals surface area contributed by atoms with Crippen LogP contribution in [-0.4, -0.2) is 0 Å². The highest BCUT2D eigenvalue weighted by Crippen LogP contribution is 2.22. The molecule has 0 radical (unpaired) electrons. The molecule has 0 saturated carbocycles. The Labute approximate surface area is 76.6 Å². The largest absolute Gasteiger partial charge is 0.324 e. The van der Waals surface area contributed by atoms with Gasteiger partial charge in [0.25, 0.3) is 6.43 Å². The first-order valence-electron chi connectivity index (χ1n) is 4.28. The first kappa shape index (κ1) is 10.1. The maximum atomic E-state index is 12.3. The maximum Gasteiger partial charge on any atom is 0.263 e. The molecule has 1 atom stereocenters. The van der Waals surface area contributed by atoms with Crippen LogP contribution in [0.3, 0.4) is 0 Å². The average molecular weight is 185 g/mol. The molecule has 0 aliphatic rings. The van der Waals surface area contributed by atoms with Crippen molar-refractivity contribution >= 4 is 0 Å². The van der Waals surface area contributed by atoms with Crippen molar-refractivity contribution in [2.75, 3.05) is 0 Å². The van der Waals surface area contributed by atoms with Gasteiger partial charge in [0.05, 0.1) is 0 Å². The van der Waals surface area contributed by atoms with Gasteiger partial charge in [0.15, 0.2) is 0 Å². The smallest absolute Gasteiger partial charge is 0.263 e. The molecule has 1 aromatic carbocycles. The quantitative estimate of drug-likeness (QED) is 0.769. The first-order valence-corrected chi connectivity index (χ1v) is 4.28. The molecule has 0 heterocycles. The predicted octanol–water partition coefficient (Wildman–Crippen LogP) is 3.03. The lowest BCUT2D eigenvalue weighted by atomic mass is 10.0. The van der Waals surface area contributed by atoms with Gasteiger partial charge in [-0.25, -0.2) is 8.78 Å². The van der Waals surface area contributed by atoms with E-state index in [9.17, 15) is 8.78 Å². The number of hydrogen-bond acceptors (Lipinski definition) is 1. The van der Waals surface area contributed by atoms with Crippen LogP contribution in [0.25, 0.3) is 0 Å². The third-order valence-corrected chi connectivity index (χ3v) is 2.03. The summed E-state index contributed by atoms with van der Waals surface area (Å²) < 4.78 is 24.5. The minimum Gasteiger partial charge on any atom is -0.324 e. The second-order valence-electron chi connectivity index (χ2n) is 2.99. The van der Waals surface area contributed by atoms with E-state index in [1.54, 1.807) is 12.1 Å². The molecular formula is C10H13F2N. The van der Waals surface area contributed by atoms with Crippen molar-refractivity contribution in [1.29, 1.82) is 0 Å². The highest BCUT2D eigenvalue weighted by Gasteiger charge is 2.09. The van der Waals surface area contributed by atoms with Crippen molar-refractivity contribution in [1.82, 2.24) is 0 Å². The van der Waals surface area contributed by atoms with Crippen LogP contribution in [-0.2, 0) is 0 Å². The van der Waals surface area contributed by atoms with Gasteiger partial charge < -0.3 is 5.73 Å². The summed E-state index contributed by atoms with van der Waals surface area (Å²) in [5, 5.41) is 0. The van der Waals surface area contributed by atoms with E-state index < -0.39 is 6.43 Å². The second kappa shape index (κ2) is 4.33. The Morgan fingerprint density at radius 2 is 1.92 bits per heavy atom. The molecule has 0 spiro atoms. The third-order valence-electron chi connectivity index (χ3n) is 2.03. The van der Waals surface area contributed by atoms with Gasteiger partial charge in [0, 0.05) is 11.6 Å². The molecule has 0 aliphatic carbocycles. The van der Waals surface area contributed by atoms with E-state index >= 15 is 0 Å². The molecule has 3 heteroatoms. The Balaban J connectivity index is 2.91. The van der Waals surface area contributed by atoms with Crippen LogP contribution >= 0.6 is 0 Å². The molecule has 1 nitrogen and oxygen atoms in total. The highest BCUT2D eigenvalue weighted by molar-refractivity contribution is 5.26. The van der Waals surface area contributed by atoms with Gasteiger partial charge in [0.1, 0.15) is 0 Å². The number of halogens is 2. The van der Waals surface area contributed by atoms with E-state index in [0.717, 1.165) is 12.0 Å². The zero-order chi connectivity index (χ0) is 9.84. The minimum absolute atomic E-state index is 0.0430. The molecule has 1 rings (SSSR count). The second-order valence-corrected chi connectivity index (χ2v) is 2.99. The van der Waals surface area contributed by atoms with Crippen LogP contribution in [0.4, 0.5) is 8.78 Å². The summed E-state index contributed by atoms with van der Waals surface area (Å²) in [7, 11) is 0. The zero-order valence-corrected chi connectivity index (χ0v) is 7.50. The summed E-state index contributed by atoms with van der Waals surface area (Å²) >= 11 is 0. The molecule has 0 aliphatic heterocycles. The Kier molecular flexibility index (Phi) is 3.37. The van der Waals surface area contributed by atoms with E-state index in [4.69, 9.17) is 5.73 Å². The summed E-state index contributed by atoms with van der Waals surface area (Å²) in [6, 6.07) is 6.14. The molecule has 0 fully saturated rings. The number of hydrogen-bond donors (Lipinski definition) is 1. The number of benzene rings is 1. The first-order chi connectivity index (χ1) is 6.15. The van der Waals surface area contributed by atoms with E-state index in [1.807, 2.05) is 6.92 Å². The zero-order valence-electron chi connectivity index (χ0n) is 7.50. The van der Waals surface area contributed by atoms with E-state index in [0.29, 0.717) is 0 Å². The minimum atomic E-state index is -2.41. The summed E-state index contributed by atoms with van der Waals surface area (Å²) in [6.07, 6.45) is -1.66. The van der Waals surface area contributed by atoms with Gasteiger partial charge >= 0.3 is 0 Å². The molecule has 0 aromatic heterocycles. The molecular weight excluding hydrogens is 172 g/mol. The van der Waals surface area contributed by atoms with Crippen LogP contribution in [0.5, 0.6) is 0 Å². The topological polar surface area (TPSA) is 26.0 Å². The highest BCUT2D eigenvalue weighted by atomic mass is 19.3. The van der Waals surface area contributed by atoms with Crippen molar-refractivity contribution in [3.63, 3.8) is 0 Å². The third kappa shape index (κ3) is 2.49. The SMILES string of the molecule is CCC(N)c1cccc(C(F)F)c1. The standard InChI is InChI=1S/C10H13F2N/c1-2-9(13)7-4-3-5-8(6-7)10(11)12/h3-6,9-10H,2,13H2,1H3. The number of alkyl halides is 2. The molecule has 0 amide bonds. The van der Waals surface area contributed by atoms with Crippen LogP contribution in [0, 0.1) is 0 Å². The van der Waals surface area contributed by atoms with Gasteiger partial charge in [0.2, 0.25) is 0 Å². The van der Waals surface area contributed by atoms with E-state index in [1.165, 1.54) is 12.1 Å². The fourth-order valence-corrected chi connectivity index (χ4v) is 1.16. The maximum absolute atomic E-state index is 12.3. The fourth-order valence-electron chi connectivity index (χ4n) is 1.16. The van der Waals surface area contributed by atoms with Gasteiger partial charge in [-0.15, -0.1) is 0 Å². The van der Waals surface area contributed by atoms with Crippen molar-refractivity contribution in [3.05, 3.63) is 35.4 Å². The van der Waals surface area contributed by atoms with Crippen molar-refractivity contribution in [2.45, 2.75) is 25.8 Å². The number of nitrogens with two attached hydrogens (primary N) is 1. The van der Waals surface area contributed by atoms with Crippen LogP contribution in [0.1, 0.15) is 36.9 Å². The Morgan fingerprint density at radius 3 is 2.46 bits per heavy atom. The molecule has 2 N–H and O–H groups in total. The lowest BCUT2D eigenvalue weighted by molar-refractivity contribution is 0.151. The van der Waals surface area contributed by atoms with Gasteiger partial charge in [-0.05, 0) is 18.1 Å². The van der Waals surface area contributed by atoms with Crippen molar-refractivity contribution in [2.24, 2.45) is 5.73 Å².